The number of esters is 1. The van der Waals surface area contributed by atoms with Crippen molar-refractivity contribution in [3.8, 4) is 0 Å². The molecule has 148 valence electrons. The van der Waals surface area contributed by atoms with Crippen LogP contribution >= 0.6 is 0 Å². The van der Waals surface area contributed by atoms with Crippen molar-refractivity contribution in [1.82, 2.24) is 0 Å². The summed E-state index contributed by atoms with van der Waals surface area (Å²) in [6.07, 6.45) is -3.81. The predicted octanol–water partition coefficient (Wildman–Crippen LogP) is 2.76. The van der Waals surface area contributed by atoms with E-state index in [4.69, 9.17) is 19.9 Å². The second kappa shape index (κ2) is 9.68. The van der Waals surface area contributed by atoms with Crippen molar-refractivity contribution >= 4 is 5.97 Å². The topological polar surface area (TPSA) is 70.8 Å². The Morgan fingerprint density at radius 1 is 1.26 bits per heavy atom. The van der Waals surface area contributed by atoms with Crippen LogP contribution in [-0.2, 0) is 25.4 Å². The SMILES string of the molecule is C=C1OC(=O)[C@@H](N)COC[C@H](Cc2ccccc2)[C@H]1OC/C=C/C(F)(F)F. The molecule has 5 nitrogen and oxygen atoms in total. The van der Waals surface area contributed by atoms with Gasteiger partial charge in [-0.3, -0.25) is 0 Å². The average molecular weight is 385 g/mol. The van der Waals surface area contributed by atoms with Gasteiger partial charge in [0.05, 0.1) is 19.8 Å². The predicted molar refractivity (Wildman–Crippen MR) is 92.6 cm³/mol. The van der Waals surface area contributed by atoms with E-state index >= 15 is 0 Å². The molecule has 0 aliphatic carbocycles. The van der Waals surface area contributed by atoms with Crippen LogP contribution in [0.2, 0.25) is 0 Å². The van der Waals surface area contributed by atoms with Crippen molar-refractivity contribution in [3.63, 3.8) is 0 Å². The lowest BCUT2D eigenvalue weighted by molar-refractivity contribution is -0.143. The van der Waals surface area contributed by atoms with Crippen LogP contribution < -0.4 is 5.73 Å². The highest BCUT2D eigenvalue weighted by Crippen LogP contribution is 2.24. The van der Waals surface area contributed by atoms with Gasteiger partial charge in [0.15, 0.2) is 0 Å². The molecular weight excluding hydrogens is 363 g/mol. The lowest BCUT2D eigenvalue weighted by atomic mass is 9.93. The number of hydrogen-bond acceptors (Lipinski definition) is 5. The summed E-state index contributed by atoms with van der Waals surface area (Å²) >= 11 is 0. The molecule has 1 saturated heterocycles. The minimum absolute atomic E-state index is 0.00212. The summed E-state index contributed by atoms with van der Waals surface area (Å²) in [4.78, 5) is 11.9. The number of carbonyl (C=O) groups is 1. The number of cyclic esters (lactones) is 1. The van der Waals surface area contributed by atoms with E-state index in [-0.39, 0.29) is 37.6 Å². The number of hydrogen-bond donors (Lipinski definition) is 1. The molecular formula is C19H22F3NO4. The van der Waals surface area contributed by atoms with Gasteiger partial charge in [-0.1, -0.05) is 43.0 Å². The van der Waals surface area contributed by atoms with Crippen LogP contribution in [0.15, 0.2) is 54.8 Å². The van der Waals surface area contributed by atoms with Crippen LogP contribution in [0.25, 0.3) is 0 Å². The van der Waals surface area contributed by atoms with E-state index in [9.17, 15) is 18.0 Å². The van der Waals surface area contributed by atoms with E-state index in [0.717, 1.165) is 11.6 Å². The summed E-state index contributed by atoms with van der Waals surface area (Å²) in [7, 11) is 0. The quantitative estimate of drug-likeness (QED) is 0.623. The molecule has 0 amide bonds. The summed E-state index contributed by atoms with van der Waals surface area (Å²) in [5.74, 6) is -1.04. The fourth-order valence-electron chi connectivity index (χ4n) is 2.68. The molecule has 27 heavy (non-hydrogen) atoms. The van der Waals surface area contributed by atoms with Crippen LogP contribution in [0, 0.1) is 5.92 Å². The minimum Gasteiger partial charge on any atom is -0.428 e. The molecule has 0 saturated carbocycles. The Bertz CT molecular complexity index is 661. The van der Waals surface area contributed by atoms with Gasteiger partial charge in [-0.05, 0) is 12.0 Å². The summed E-state index contributed by atoms with van der Waals surface area (Å²) in [6.45, 7) is 3.55. The molecule has 3 atom stereocenters. The molecule has 0 unspecified atom stereocenters. The number of allylic oxidation sites excluding steroid dienone is 1. The van der Waals surface area contributed by atoms with Gasteiger partial charge in [0.25, 0.3) is 0 Å². The van der Waals surface area contributed by atoms with Crippen LogP contribution in [0.5, 0.6) is 0 Å². The van der Waals surface area contributed by atoms with Crippen LogP contribution in [0.3, 0.4) is 0 Å². The van der Waals surface area contributed by atoms with E-state index in [1.807, 2.05) is 30.3 Å². The largest absolute Gasteiger partial charge is 0.428 e. The molecule has 1 heterocycles. The standard InChI is InChI=1S/C19H22F3NO4/c1-13-17(26-9-5-8-19(20,21)22)15(10-14-6-3-2-4-7-14)11-25-12-16(23)18(24)27-13/h2-8,15-17H,1,9-12,23H2/b8-5+/t15-,16-,17-/m0/s1. The lowest BCUT2D eigenvalue weighted by Gasteiger charge is -2.27. The van der Waals surface area contributed by atoms with Crippen molar-refractivity contribution in [2.24, 2.45) is 11.7 Å². The maximum Gasteiger partial charge on any atom is 0.409 e. The molecule has 0 radical (unpaired) electrons. The summed E-state index contributed by atoms with van der Waals surface area (Å²) < 4.78 is 53.0. The zero-order valence-corrected chi connectivity index (χ0v) is 14.7. The first-order valence-corrected chi connectivity index (χ1v) is 8.40. The van der Waals surface area contributed by atoms with E-state index in [2.05, 4.69) is 6.58 Å². The Kier molecular flexibility index (Phi) is 7.58. The van der Waals surface area contributed by atoms with Gasteiger partial charge in [-0.2, -0.15) is 13.2 Å². The third-order valence-corrected chi connectivity index (χ3v) is 3.93. The molecule has 1 aromatic carbocycles. The number of carbonyl (C=O) groups excluding carboxylic acids is 1. The van der Waals surface area contributed by atoms with E-state index in [0.29, 0.717) is 6.42 Å². The third-order valence-electron chi connectivity index (χ3n) is 3.93. The first kappa shape index (κ1) is 21.1. The molecule has 1 aromatic rings. The first-order valence-electron chi connectivity index (χ1n) is 8.40. The molecule has 0 aromatic heterocycles. The van der Waals surface area contributed by atoms with Gasteiger partial charge >= 0.3 is 12.1 Å². The molecule has 0 spiro atoms. The Labute approximate surface area is 155 Å². The highest BCUT2D eigenvalue weighted by atomic mass is 19.4. The summed E-state index contributed by atoms with van der Waals surface area (Å²) in [6, 6.07) is 8.47. The second-order valence-corrected chi connectivity index (χ2v) is 6.18. The maximum atomic E-state index is 12.3. The molecule has 2 N–H and O–H groups in total. The van der Waals surface area contributed by atoms with Crippen molar-refractivity contribution in [1.29, 1.82) is 0 Å². The van der Waals surface area contributed by atoms with E-state index < -0.39 is 24.3 Å². The van der Waals surface area contributed by atoms with Crippen LogP contribution in [0.4, 0.5) is 13.2 Å². The smallest absolute Gasteiger partial charge is 0.409 e. The van der Waals surface area contributed by atoms with Crippen molar-refractivity contribution in [2.75, 3.05) is 19.8 Å². The van der Waals surface area contributed by atoms with Gasteiger partial charge in [-0.25, -0.2) is 4.79 Å². The number of rotatable bonds is 5. The van der Waals surface area contributed by atoms with E-state index in [1.54, 1.807) is 0 Å². The average Bonchev–Trinajstić information content (AvgIpc) is 2.64. The minimum atomic E-state index is -4.43. The van der Waals surface area contributed by atoms with Crippen molar-refractivity contribution < 1.29 is 32.2 Å². The number of halogens is 3. The second-order valence-electron chi connectivity index (χ2n) is 6.18. The number of benzene rings is 1. The third kappa shape index (κ3) is 7.16. The molecule has 1 aliphatic heterocycles. The summed E-state index contributed by atoms with van der Waals surface area (Å²) in [5.41, 5.74) is 6.65. The van der Waals surface area contributed by atoms with E-state index in [1.165, 1.54) is 0 Å². The number of ether oxygens (including phenoxy) is 3. The van der Waals surface area contributed by atoms with Crippen LogP contribution in [-0.4, -0.2) is 44.1 Å². The van der Waals surface area contributed by atoms with Gasteiger partial charge in [0.2, 0.25) is 0 Å². The Morgan fingerprint density at radius 3 is 2.63 bits per heavy atom. The molecule has 0 bridgehead atoms. The maximum absolute atomic E-state index is 12.3. The zero-order valence-electron chi connectivity index (χ0n) is 14.7. The molecule has 1 fully saturated rings. The molecule has 1 aliphatic rings. The monoisotopic (exact) mass is 385 g/mol. The molecule has 8 heteroatoms. The van der Waals surface area contributed by atoms with Gasteiger partial charge in [0, 0.05) is 12.0 Å². The fraction of sp³-hybridized carbons (Fsp3) is 0.421. The first-order chi connectivity index (χ1) is 12.8. The number of nitrogens with two attached hydrogens (primary N) is 1. The van der Waals surface area contributed by atoms with Crippen molar-refractivity contribution in [3.05, 3.63) is 60.4 Å². The zero-order chi connectivity index (χ0) is 19.9. The normalized spacial score (nSPS) is 25.0. The fourth-order valence-corrected chi connectivity index (χ4v) is 2.68. The van der Waals surface area contributed by atoms with Crippen molar-refractivity contribution in [2.45, 2.75) is 24.7 Å². The highest BCUT2D eigenvalue weighted by Gasteiger charge is 2.32. The Balaban J connectivity index is 2.16. The number of alkyl halides is 3. The molecule has 2 rings (SSSR count). The van der Waals surface area contributed by atoms with Gasteiger partial charge in [0.1, 0.15) is 17.9 Å². The highest BCUT2D eigenvalue weighted by molar-refractivity contribution is 5.76. The lowest BCUT2D eigenvalue weighted by Crippen LogP contribution is -2.36. The summed E-state index contributed by atoms with van der Waals surface area (Å²) in [5, 5.41) is 0. The Hall–Kier alpha value is -2.16. The Morgan fingerprint density at radius 2 is 1.96 bits per heavy atom. The van der Waals surface area contributed by atoms with Crippen LogP contribution in [0.1, 0.15) is 5.56 Å². The van der Waals surface area contributed by atoms with Gasteiger partial charge < -0.3 is 19.9 Å². The van der Waals surface area contributed by atoms with Gasteiger partial charge in [-0.15, -0.1) is 0 Å².